The molecule has 0 radical (unpaired) electrons. The lowest BCUT2D eigenvalue weighted by molar-refractivity contribution is -0.122. The Kier molecular flexibility index (Phi) is 4.70. The third kappa shape index (κ3) is 3.27. The summed E-state index contributed by atoms with van der Waals surface area (Å²) in [5.74, 6) is -1.01. The number of rotatable bonds is 4. The predicted octanol–water partition coefficient (Wildman–Crippen LogP) is 2.46. The number of hydrogen-bond donors (Lipinski definition) is 2. The number of aromatic hydroxyl groups is 1. The van der Waals surface area contributed by atoms with Gasteiger partial charge in [0.15, 0.2) is 0 Å². The van der Waals surface area contributed by atoms with Crippen molar-refractivity contribution in [1.82, 2.24) is 5.32 Å². The molecule has 0 saturated carbocycles. The van der Waals surface area contributed by atoms with E-state index in [1.54, 1.807) is 24.3 Å². The number of imide groups is 2. The van der Waals surface area contributed by atoms with E-state index < -0.39 is 17.8 Å². The molecule has 7 nitrogen and oxygen atoms in total. The Morgan fingerprint density at radius 2 is 1.77 bits per heavy atom. The first-order valence-corrected chi connectivity index (χ1v) is 7.93. The summed E-state index contributed by atoms with van der Waals surface area (Å²) in [7, 11) is 0. The van der Waals surface area contributed by atoms with Crippen molar-refractivity contribution >= 4 is 29.6 Å². The molecule has 26 heavy (non-hydrogen) atoms. The Balaban J connectivity index is 2.02. The highest BCUT2D eigenvalue weighted by molar-refractivity contribution is 6.39. The summed E-state index contributed by atoms with van der Waals surface area (Å²) in [5.41, 5.74) is 0.597. The molecule has 1 fully saturated rings. The number of carbonyl (C=O) groups is 3. The fourth-order valence-electron chi connectivity index (χ4n) is 2.54. The van der Waals surface area contributed by atoms with Crippen LogP contribution in [-0.4, -0.2) is 29.6 Å². The molecule has 1 heterocycles. The molecule has 3 rings (SSSR count). The summed E-state index contributed by atoms with van der Waals surface area (Å²) >= 11 is 0. The molecule has 1 aliphatic heterocycles. The second-order valence-electron chi connectivity index (χ2n) is 5.45. The van der Waals surface area contributed by atoms with Crippen LogP contribution in [0.1, 0.15) is 12.5 Å². The molecular weight excluding hydrogens is 336 g/mol. The number of nitrogens with zero attached hydrogens (tertiary/aromatic N) is 1. The molecule has 7 heteroatoms. The molecule has 132 valence electrons. The lowest BCUT2D eigenvalue weighted by atomic mass is 10.1. The Morgan fingerprint density at radius 3 is 2.46 bits per heavy atom. The van der Waals surface area contributed by atoms with E-state index in [-0.39, 0.29) is 17.0 Å². The maximum atomic E-state index is 12.8. The Morgan fingerprint density at radius 1 is 1.08 bits per heavy atom. The fraction of sp³-hybridized carbons (Fsp3) is 0.105. The van der Waals surface area contributed by atoms with Crippen LogP contribution in [0.25, 0.3) is 6.08 Å². The van der Waals surface area contributed by atoms with Crippen LogP contribution in [-0.2, 0) is 9.59 Å². The highest BCUT2D eigenvalue weighted by Gasteiger charge is 2.36. The molecule has 2 aromatic rings. The second kappa shape index (κ2) is 7.10. The number of urea groups is 1. The van der Waals surface area contributed by atoms with Gasteiger partial charge in [-0.2, -0.15) is 0 Å². The third-order valence-corrected chi connectivity index (χ3v) is 3.73. The highest BCUT2D eigenvalue weighted by atomic mass is 16.5. The van der Waals surface area contributed by atoms with Crippen LogP contribution in [0.2, 0.25) is 0 Å². The van der Waals surface area contributed by atoms with Gasteiger partial charge in [-0.15, -0.1) is 0 Å². The third-order valence-electron chi connectivity index (χ3n) is 3.73. The number of anilines is 1. The van der Waals surface area contributed by atoms with E-state index >= 15 is 0 Å². The van der Waals surface area contributed by atoms with Crippen LogP contribution in [0.4, 0.5) is 10.5 Å². The summed E-state index contributed by atoms with van der Waals surface area (Å²) in [5, 5.41) is 11.5. The summed E-state index contributed by atoms with van der Waals surface area (Å²) in [6.07, 6.45) is 1.39. The van der Waals surface area contributed by atoms with Gasteiger partial charge in [0.05, 0.1) is 12.3 Å². The molecule has 0 bridgehead atoms. The van der Waals surface area contributed by atoms with Gasteiger partial charge >= 0.3 is 6.03 Å². The van der Waals surface area contributed by atoms with Gasteiger partial charge in [0, 0.05) is 5.56 Å². The highest BCUT2D eigenvalue weighted by Crippen LogP contribution is 2.26. The van der Waals surface area contributed by atoms with Gasteiger partial charge in [-0.3, -0.25) is 14.9 Å². The van der Waals surface area contributed by atoms with E-state index in [2.05, 4.69) is 5.32 Å². The molecule has 0 atom stereocenters. The smallest absolute Gasteiger partial charge is 0.335 e. The molecule has 2 aromatic carbocycles. The number of hydrogen-bond acceptors (Lipinski definition) is 5. The minimum atomic E-state index is -0.846. The number of para-hydroxylation sites is 1. The number of nitrogens with one attached hydrogen (secondary N) is 1. The molecule has 1 saturated heterocycles. The molecule has 0 spiro atoms. The van der Waals surface area contributed by atoms with Crippen molar-refractivity contribution in [3.8, 4) is 11.5 Å². The summed E-state index contributed by atoms with van der Waals surface area (Å²) in [4.78, 5) is 37.9. The topological polar surface area (TPSA) is 95.9 Å². The first-order valence-electron chi connectivity index (χ1n) is 7.93. The van der Waals surface area contributed by atoms with Crippen molar-refractivity contribution in [2.75, 3.05) is 11.5 Å². The minimum absolute atomic E-state index is 0.00361. The number of benzene rings is 2. The van der Waals surface area contributed by atoms with E-state index in [4.69, 9.17) is 4.74 Å². The first kappa shape index (κ1) is 17.2. The van der Waals surface area contributed by atoms with Crippen LogP contribution in [0.5, 0.6) is 11.5 Å². The zero-order valence-electron chi connectivity index (χ0n) is 13.9. The average molecular weight is 352 g/mol. The Hall–Kier alpha value is -3.61. The van der Waals surface area contributed by atoms with Gasteiger partial charge in [-0.25, -0.2) is 9.69 Å². The van der Waals surface area contributed by atoms with Gasteiger partial charge in [0.2, 0.25) is 0 Å². The van der Waals surface area contributed by atoms with Crippen LogP contribution in [0.3, 0.4) is 0 Å². The van der Waals surface area contributed by atoms with Gasteiger partial charge in [0.25, 0.3) is 11.8 Å². The van der Waals surface area contributed by atoms with Crippen molar-refractivity contribution in [2.24, 2.45) is 0 Å². The standard InChI is InChI=1S/C19H16N2O5/c1-2-26-16-6-4-3-5-12(16)11-15-17(23)20-19(25)21(18(15)24)13-7-9-14(22)10-8-13/h3-11,22H,2H2,1H3,(H,20,23,25)/b15-11-. The normalized spacial score (nSPS) is 16.0. The number of amides is 4. The predicted molar refractivity (Wildman–Crippen MR) is 94.7 cm³/mol. The van der Waals surface area contributed by atoms with Crippen LogP contribution < -0.4 is 15.0 Å². The molecular formula is C19H16N2O5. The lowest BCUT2D eigenvalue weighted by Crippen LogP contribution is -2.54. The Bertz CT molecular complexity index is 902. The number of ether oxygens (including phenoxy) is 1. The molecule has 0 aliphatic carbocycles. The summed E-state index contributed by atoms with van der Waals surface area (Å²) in [6.45, 7) is 2.26. The van der Waals surface area contributed by atoms with E-state index in [0.29, 0.717) is 17.9 Å². The maximum absolute atomic E-state index is 12.8. The van der Waals surface area contributed by atoms with Gasteiger partial charge < -0.3 is 9.84 Å². The number of carbonyl (C=O) groups excluding carboxylic acids is 3. The van der Waals surface area contributed by atoms with Crippen LogP contribution in [0, 0.1) is 0 Å². The van der Waals surface area contributed by atoms with E-state index in [1.165, 1.54) is 30.3 Å². The molecule has 2 N–H and O–H groups in total. The molecule has 1 aliphatic rings. The lowest BCUT2D eigenvalue weighted by Gasteiger charge is -2.26. The first-order chi connectivity index (χ1) is 12.5. The quantitative estimate of drug-likeness (QED) is 0.651. The minimum Gasteiger partial charge on any atom is -0.508 e. The Labute approximate surface area is 149 Å². The number of barbiturate groups is 1. The zero-order chi connectivity index (χ0) is 18.7. The summed E-state index contributed by atoms with van der Waals surface area (Å²) in [6, 6.07) is 11.6. The monoisotopic (exact) mass is 352 g/mol. The van der Waals surface area contributed by atoms with E-state index in [1.807, 2.05) is 6.92 Å². The number of phenols is 1. The van der Waals surface area contributed by atoms with Crippen molar-refractivity contribution < 1.29 is 24.2 Å². The van der Waals surface area contributed by atoms with E-state index in [0.717, 1.165) is 4.90 Å². The summed E-state index contributed by atoms with van der Waals surface area (Å²) < 4.78 is 5.50. The van der Waals surface area contributed by atoms with Gasteiger partial charge in [-0.05, 0) is 43.3 Å². The van der Waals surface area contributed by atoms with Crippen molar-refractivity contribution in [3.63, 3.8) is 0 Å². The number of phenolic OH excluding ortho intramolecular Hbond substituents is 1. The second-order valence-corrected chi connectivity index (χ2v) is 5.45. The SMILES string of the molecule is CCOc1ccccc1/C=C1/C(=O)NC(=O)N(c2ccc(O)cc2)C1=O. The van der Waals surface area contributed by atoms with Crippen molar-refractivity contribution in [1.29, 1.82) is 0 Å². The zero-order valence-corrected chi connectivity index (χ0v) is 13.9. The average Bonchev–Trinajstić information content (AvgIpc) is 2.61. The molecule has 0 aromatic heterocycles. The molecule has 4 amide bonds. The molecule has 0 unspecified atom stereocenters. The van der Waals surface area contributed by atoms with Gasteiger partial charge in [-0.1, -0.05) is 18.2 Å². The van der Waals surface area contributed by atoms with E-state index in [9.17, 15) is 19.5 Å². The van der Waals surface area contributed by atoms with Crippen LogP contribution in [0.15, 0.2) is 54.1 Å². The largest absolute Gasteiger partial charge is 0.508 e. The van der Waals surface area contributed by atoms with Crippen molar-refractivity contribution in [3.05, 3.63) is 59.7 Å². The fourth-order valence-corrected chi connectivity index (χ4v) is 2.54. The maximum Gasteiger partial charge on any atom is 0.335 e. The van der Waals surface area contributed by atoms with Gasteiger partial charge in [0.1, 0.15) is 17.1 Å². The van der Waals surface area contributed by atoms with Crippen LogP contribution >= 0.6 is 0 Å². The van der Waals surface area contributed by atoms with Crippen molar-refractivity contribution in [2.45, 2.75) is 6.92 Å².